The summed E-state index contributed by atoms with van der Waals surface area (Å²) in [6.45, 7) is -0.404. The van der Waals surface area contributed by atoms with Crippen molar-refractivity contribution in [1.82, 2.24) is 0 Å². The number of halogens is 1. The Kier molecular flexibility index (Phi) is 7.73. The van der Waals surface area contributed by atoms with Crippen LogP contribution >= 0.6 is 0 Å². The van der Waals surface area contributed by atoms with E-state index in [2.05, 4.69) is 5.32 Å². The van der Waals surface area contributed by atoms with Crippen molar-refractivity contribution in [3.8, 4) is 0 Å². The molecule has 0 aliphatic heterocycles. The van der Waals surface area contributed by atoms with Crippen molar-refractivity contribution in [2.24, 2.45) is 11.8 Å². The fourth-order valence-corrected chi connectivity index (χ4v) is 4.33. The fraction of sp³-hybridized carbons (Fsp3) is 0.381. The summed E-state index contributed by atoms with van der Waals surface area (Å²) < 4.78 is 74.8. The normalized spacial score (nSPS) is 20.3. The number of anilines is 1. The predicted molar refractivity (Wildman–Crippen MR) is 118 cm³/mol. The number of carbonyl (C=O) groups excluding carboxylic acids is 1. The molecule has 180 valence electrons. The molecule has 12 heteroatoms. The van der Waals surface area contributed by atoms with Crippen molar-refractivity contribution >= 4 is 32.0 Å². The van der Waals surface area contributed by atoms with E-state index >= 15 is 0 Å². The van der Waals surface area contributed by atoms with Gasteiger partial charge in [0, 0.05) is 5.69 Å². The smallest absolute Gasteiger partial charge is 0.411 e. The lowest BCUT2D eigenvalue weighted by Gasteiger charge is -2.09. The summed E-state index contributed by atoms with van der Waals surface area (Å²) >= 11 is 0. The Hall–Kier alpha value is -2.54. The highest BCUT2D eigenvalue weighted by molar-refractivity contribution is 7.86. The van der Waals surface area contributed by atoms with Gasteiger partial charge in [-0.1, -0.05) is 36.4 Å². The molecule has 2 aromatic carbocycles. The third-order valence-electron chi connectivity index (χ3n) is 5.10. The van der Waals surface area contributed by atoms with Gasteiger partial charge >= 0.3 is 6.09 Å². The van der Waals surface area contributed by atoms with Gasteiger partial charge in [0.25, 0.3) is 20.2 Å². The van der Waals surface area contributed by atoms with Gasteiger partial charge in [0.15, 0.2) is 0 Å². The van der Waals surface area contributed by atoms with Crippen LogP contribution in [-0.2, 0) is 39.9 Å². The van der Waals surface area contributed by atoms with Crippen LogP contribution < -0.4 is 5.32 Å². The van der Waals surface area contributed by atoms with E-state index in [1.807, 2.05) is 18.2 Å². The largest absolute Gasteiger partial charge is 0.444 e. The van der Waals surface area contributed by atoms with E-state index in [9.17, 15) is 26.0 Å². The topological polar surface area (TPSA) is 125 Å². The average Bonchev–Trinajstić information content (AvgIpc) is 3.42. The first-order valence-electron chi connectivity index (χ1n) is 9.89. The maximum Gasteiger partial charge on any atom is 0.411 e. The van der Waals surface area contributed by atoms with Crippen molar-refractivity contribution in [2.45, 2.75) is 12.5 Å². The molecule has 1 amide bonds. The van der Waals surface area contributed by atoms with E-state index < -0.39 is 49.9 Å². The molecule has 9 nitrogen and oxygen atoms in total. The average molecular weight is 502 g/mol. The molecule has 1 aliphatic rings. The molecule has 3 rings (SSSR count). The van der Waals surface area contributed by atoms with E-state index in [0.29, 0.717) is 0 Å². The van der Waals surface area contributed by atoms with E-state index in [1.165, 1.54) is 12.1 Å². The molecule has 1 fully saturated rings. The Morgan fingerprint density at radius 3 is 2.03 bits per heavy atom. The summed E-state index contributed by atoms with van der Waals surface area (Å²) in [5, 5.41) is 2.44. The Morgan fingerprint density at radius 1 is 0.939 bits per heavy atom. The number of ether oxygens (including phenoxy) is 1. The highest BCUT2D eigenvalue weighted by Gasteiger charge is 2.52. The van der Waals surface area contributed by atoms with Gasteiger partial charge in [0.2, 0.25) is 0 Å². The molecule has 33 heavy (non-hydrogen) atoms. The zero-order valence-electron chi connectivity index (χ0n) is 17.9. The van der Waals surface area contributed by atoms with Crippen LogP contribution in [0.3, 0.4) is 0 Å². The molecular formula is C21H24FNO8S2. The van der Waals surface area contributed by atoms with Crippen LogP contribution in [0.5, 0.6) is 0 Å². The Labute approximate surface area is 192 Å². The maximum atomic E-state index is 14.8. The molecule has 0 spiro atoms. The summed E-state index contributed by atoms with van der Waals surface area (Å²) in [5.74, 6) is -2.06. The van der Waals surface area contributed by atoms with Crippen LogP contribution in [0.4, 0.5) is 14.9 Å². The second kappa shape index (κ2) is 10.2. The standard InChI is InChI=1S/C21H24FNO8S2/c1-32(25,26)30-12-17-18(13-31-33(2,27)28)20(17)16-9-8-15(10-19(16)22)23-21(24)29-11-14-6-4-3-5-7-14/h3-10,17-18,20H,11-13H2,1-2H3,(H,23,24)/t17-,18+,20?. The maximum absolute atomic E-state index is 14.8. The molecule has 1 saturated carbocycles. The fourth-order valence-electron chi connectivity index (χ4n) is 3.52. The Bertz CT molecular complexity index is 1160. The lowest BCUT2D eigenvalue weighted by atomic mass is 10.1. The highest BCUT2D eigenvalue weighted by atomic mass is 32.2. The van der Waals surface area contributed by atoms with Gasteiger partial charge in [-0.25, -0.2) is 9.18 Å². The Morgan fingerprint density at radius 2 is 1.52 bits per heavy atom. The molecule has 0 aromatic heterocycles. The van der Waals surface area contributed by atoms with Crippen LogP contribution in [-0.4, -0.2) is 48.7 Å². The molecule has 0 radical (unpaired) electrons. The van der Waals surface area contributed by atoms with Crippen molar-refractivity contribution in [3.63, 3.8) is 0 Å². The number of nitrogens with one attached hydrogen (secondary N) is 1. The second-order valence-electron chi connectivity index (χ2n) is 7.75. The summed E-state index contributed by atoms with van der Waals surface area (Å²) in [5.41, 5.74) is 1.21. The molecule has 1 unspecified atom stereocenters. The Balaban J connectivity index is 1.65. The lowest BCUT2D eigenvalue weighted by Crippen LogP contribution is -2.13. The van der Waals surface area contributed by atoms with E-state index in [0.717, 1.165) is 24.1 Å². The van der Waals surface area contributed by atoms with Crippen molar-refractivity contribution in [2.75, 3.05) is 31.0 Å². The van der Waals surface area contributed by atoms with Crippen LogP contribution in [0.2, 0.25) is 0 Å². The summed E-state index contributed by atoms with van der Waals surface area (Å²) in [7, 11) is -7.44. The molecule has 3 atom stereocenters. The summed E-state index contributed by atoms with van der Waals surface area (Å²) in [4.78, 5) is 12.0. The van der Waals surface area contributed by atoms with Crippen LogP contribution in [0, 0.1) is 17.7 Å². The van der Waals surface area contributed by atoms with Gasteiger partial charge in [-0.05, 0) is 41.0 Å². The third-order valence-corrected chi connectivity index (χ3v) is 6.23. The summed E-state index contributed by atoms with van der Waals surface area (Å²) in [6.07, 6.45) is 1.03. The van der Waals surface area contributed by atoms with Crippen molar-refractivity contribution in [3.05, 3.63) is 65.5 Å². The molecule has 1 aliphatic carbocycles. The highest BCUT2D eigenvalue weighted by Crippen LogP contribution is 2.55. The zero-order chi connectivity index (χ0) is 24.2. The van der Waals surface area contributed by atoms with Gasteiger partial charge < -0.3 is 4.74 Å². The number of rotatable bonds is 10. The molecule has 0 bridgehead atoms. The SMILES string of the molecule is CS(=O)(=O)OC[C@@H]1C(c2ccc(NC(=O)OCc3ccccc3)cc2F)[C@@H]1COS(C)(=O)=O. The first kappa shape index (κ1) is 25.1. The molecule has 2 aromatic rings. The molecular weight excluding hydrogens is 477 g/mol. The van der Waals surface area contributed by atoms with E-state index in [1.54, 1.807) is 12.1 Å². The third kappa shape index (κ3) is 7.77. The van der Waals surface area contributed by atoms with Crippen LogP contribution in [0.15, 0.2) is 48.5 Å². The quantitative estimate of drug-likeness (QED) is 0.493. The number of benzene rings is 2. The van der Waals surface area contributed by atoms with E-state index in [4.69, 9.17) is 13.1 Å². The van der Waals surface area contributed by atoms with Crippen LogP contribution in [0.1, 0.15) is 17.0 Å². The minimum absolute atomic E-state index is 0.0549. The zero-order valence-corrected chi connectivity index (χ0v) is 19.6. The van der Waals surface area contributed by atoms with Gasteiger partial charge in [-0.2, -0.15) is 16.8 Å². The van der Waals surface area contributed by atoms with Gasteiger partial charge in [0.05, 0.1) is 25.7 Å². The predicted octanol–water partition coefficient (Wildman–Crippen LogP) is 2.86. The minimum Gasteiger partial charge on any atom is -0.444 e. The lowest BCUT2D eigenvalue weighted by molar-refractivity contribution is 0.155. The molecule has 1 N–H and O–H groups in total. The first-order valence-corrected chi connectivity index (χ1v) is 13.5. The monoisotopic (exact) mass is 501 g/mol. The van der Waals surface area contributed by atoms with Gasteiger partial charge in [0.1, 0.15) is 12.4 Å². The number of carbonyl (C=O) groups is 1. The summed E-state index contributed by atoms with van der Waals surface area (Å²) in [6, 6.07) is 13.1. The molecule has 0 saturated heterocycles. The second-order valence-corrected chi connectivity index (χ2v) is 11.0. The first-order chi connectivity index (χ1) is 15.4. The van der Waals surface area contributed by atoms with Gasteiger partial charge in [-0.3, -0.25) is 13.7 Å². The minimum atomic E-state index is -3.72. The van der Waals surface area contributed by atoms with Crippen LogP contribution in [0.25, 0.3) is 0 Å². The number of amides is 1. The van der Waals surface area contributed by atoms with Crippen molar-refractivity contribution in [1.29, 1.82) is 0 Å². The number of hydrogen-bond donors (Lipinski definition) is 1. The van der Waals surface area contributed by atoms with Crippen molar-refractivity contribution < 1.29 is 39.1 Å². The molecule has 0 heterocycles. The van der Waals surface area contributed by atoms with Gasteiger partial charge in [-0.15, -0.1) is 0 Å². The number of hydrogen-bond acceptors (Lipinski definition) is 8. The van der Waals surface area contributed by atoms with E-state index in [-0.39, 0.29) is 31.1 Å².